The number of carboxylic acids is 1. The second-order valence-electron chi connectivity index (χ2n) is 5.09. The van der Waals surface area contributed by atoms with Gasteiger partial charge in [-0.25, -0.2) is 0 Å². The van der Waals surface area contributed by atoms with Crippen LogP contribution in [0.15, 0.2) is 0 Å². The quantitative estimate of drug-likeness (QED) is 0.758. The van der Waals surface area contributed by atoms with Crippen molar-refractivity contribution in [1.82, 2.24) is 9.80 Å². The summed E-state index contributed by atoms with van der Waals surface area (Å²) in [5.74, 6) is -0.960. The lowest BCUT2D eigenvalue weighted by Crippen LogP contribution is -2.45. The van der Waals surface area contributed by atoms with Crippen molar-refractivity contribution in [1.29, 1.82) is 0 Å². The Bertz CT molecular complexity index is 266. The van der Waals surface area contributed by atoms with E-state index in [9.17, 15) is 4.79 Å². The van der Waals surface area contributed by atoms with E-state index < -0.39 is 5.97 Å². The van der Waals surface area contributed by atoms with Gasteiger partial charge in [-0.05, 0) is 13.0 Å². The van der Waals surface area contributed by atoms with E-state index in [2.05, 4.69) is 9.80 Å². The SMILES string of the molecule is CC(CN1CCC(N2CCOCC2)C1)C(=O)O. The second-order valence-corrected chi connectivity index (χ2v) is 5.09. The minimum absolute atomic E-state index is 0.265. The fourth-order valence-electron chi connectivity index (χ4n) is 2.68. The van der Waals surface area contributed by atoms with Crippen LogP contribution in [0.5, 0.6) is 0 Å². The zero-order valence-electron chi connectivity index (χ0n) is 10.5. The molecule has 0 aromatic rings. The van der Waals surface area contributed by atoms with Gasteiger partial charge in [-0.1, -0.05) is 6.92 Å². The summed E-state index contributed by atoms with van der Waals surface area (Å²) in [6, 6.07) is 0.597. The monoisotopic (exact) mass is 242 g/mol. The fourth-order valence-corrected chi connectivity index (χ4v) is 2.68. The first-order valence-electron chi connectivity index (χ1n) is 6.44. The van der Waals surface area contributed by atoms with Crippen molar-refractivity contribution in [2.24, 2.45) is 5.92 Å². The maximum absolute atomic E-state index is 10.8. The van der Waals surface area contributed by atoms with Crippen molar-refractivity contribution >= 4 is 5.97 Å². The predicted molar refractivity (Wildman–Crippen MR) is 64.0 cm³/mol. The topological polar surface area (TPSA) is 53.0 Å². The number of aliphatic carboxylic acids is 1. The molecule has 0 aromatic heterocycles. The third kappa shape index (κ3) is 3.40. The Balaban J connectivity index is 1.76. The third-order valence-corrected chi connectivity index (χ3v) is 3.76. The maximum atomic E-state index is 10.8. The minimum Gasteiger partial charge on any atom is -0.481 e. The zero-order chi connectivity index (χ0) is 12.3. The van der Waals surface area contributed by atoms with Gasteiger partial charge in [0.25, 0.3) is 0 Å². The minimum atomic E-state index is -0.695. The molecule has 98 valence electrons. The number of likely N-dealkylation sites (tertiary alicyclic amines) is 1. The van der Waals surface area contributed by atoms with E-state index in [1.54, 1.807) is 6.92 Å². The van der Waals surface area contributed by atoms with Crippen LogP contribution in [0.25, 0.3) is 0 Å². The van der Waals surface area contributed by atoms with Gasteiger partial charge in [-0.2, -0.15) is 0 Å². The van der Waals surface area contributed by atoms with E-state index in [1.807, 2.05) is 0 Å². The predicted octanol–water partition coefficient (Wildman–Crippen LogP) is 0.114. The van der Waals surface area contributed by atoms with Crippen LogP contribution in [0.2, 0.25) is 0 Å². The lowest BCUT2D eigenvalue weighted by Gasteiger charge is -2.32. The number of hydrogen-bond donors (Lipinski definition) is 1. The van der Waals surface area contributed by atoms with Crippen LogP contribution in [-0.2, 0) is 9.53 Å². The molecule has 0 saturated carbocycles. The molecular weight excluding hydrogens is 220 g/mol. The molecule has 2 heterocycles. The molecule has 2 unspecified atom stereocenters. The van der Waals surface area contributed by atoms with Gasteiger partial charge in [0.05, 0.1) is 19.1 Å². The first-order valence-corrected chi connectivity index (χ1v) is 6.44. The van der Waals surface area contributed by atoms with Crippen molar-refractivity contribution < 1.29 is 14.6 Å². The highest BCUT2D eigenvalue weighted by Gasteiger charge is 2.29. The number of carbonyl (C=O) groups is 1. The number of morpholine rings is 1. The molecule has 0 amide bonds. The van der Waals surface area contributed by atoms with Gasteiger partial charge in [-0.15, -0.1) is 0 Å². The molecule has 0 spiro atoms. The zero-order valence-corrected chi connectivity index (χ0v) is 10.5. The molecule has 2 atom stereocenters. The smallest absolute Gasteiger partial charge is 0.307 e. The fraction of sp³-hybridized carbons (Fsp3) is 0.917. The Morgan fingerprint density at radius 1 is 1.41 bits per heavy atom. The van der Waals surface area contributed by atoms with Gasteiger partial charge in [-0.3, -0.25) is 9.69 Å². The number of carboxylic acid groups (broad SMARTS) is 1. The van der Waals surface area contributed by atoms with E-state index in [-0.39, 0.29) is 5.92 Å². The van der Waals surface area contributed by atoms with Crippen LogP contribution in [0.4, 0.5) is 0 Å². The molecule has 2 aliphatic rings. The van der Waals surface area contributed by atoms with E-state index in [0.29, 0.717) is 12.6 Å². The van der Waals surface area contributed by atoms with Crippen molar-refractivity contribution in [3.8, 4) is 0 Å². The summed E-state index contributed by atoms with van der Waals surface area (Å²) in [4.78, 5) is 15.6. The van der Waals surface area contributed by atoms with Crippen LogP contribution >= 0.6 is 0 Å². The van der Waals surface area contributed by atoms with Crippen LogP contribution in [0, 0.1) is 5.92 Å². The van der Waals surface area contributed by atoms with Crippen LogP contribution in [-0.4, -0.2) is 72.9 Å². The Morgan fingerprint density at radius 2 is 2.12 bits per heavy atom. The molecule has 1 N–H and O–H groups in total. The van der Waals surface area contributed by atoms with Crippen molar-refractivity contribution in [2.75, 3.05) is 45.9 Å². The van der Waals surface area contributed by atoms with Gasteiger partial charge in [0.1, 0.15) is 0 Å². The summed E-state index contributed by atoms with van der Waals surface area (Å²) in [5, 5.41) is 8.90. The summed E-state index contributed by atoms with van der Waals surface area (Å²) in [6.07, 6.45) is 1.16. The highest BCUT2D eigenvalue weighted by molar-refractivity contribution is 5.69. The normalized spacial score (nSPS) is 29.4. The lowest BCUT2D eigenvalue weighted by atomic mass is 10.2. The summed E-state index contributed by atoms with van der Waals surface area (Å²) in [5.41, 5.74) is 0. The molecule has 0 radical (unpaired) electrons. The van der Waals surface area contributed by atoms with Crippen LogP contribution in [0.1, 0.15) is 13.3 Å². The third-order valence-electron chi connectivity index (χ3n) is 3.76. The van der Waals surface area contributed by atoms with Gasteiger partial charge >= 0.3 is 5.97 Å². The van der Waals surface area contributed by atoms with E-state index in [1.165, 1.54) is 0 Å². The molecule has 0 aliphatic carbocycles. The molecule has 2 fully saturated rings. The molecule has 0 aromatic carbocycles. The molecule has 2 aliphatic heterocycles. The number of ether oxygens (including phenoxy) is 1. The van der Waals surface area contributed by atoms with E-state index in [0.717, 1.165) is 45.8 Å². The molecule has 17 heavy (non-hydrogen) atoms. The lowest BCUT2D eigenvalue weighted by molar-refractivity contribution is -0.141. The van der Waals surface area contributed by atoms with Crippen molar-refractivity contribution in [2.45, 2.75) is 19.4 Å². The Kier molecular flexibility index (Phi) is 4.36. The summed E-state index contributed by atoms with van der Waals surface area (Å²) in [6.45, 7) is 8.21. The van der Waals surface area contributed by atoms with Crippen molar-refractivity contribution in [3.63, 3.8) is 0 Å². The second kappa shape index (κ2) is 5.80. The number of hydrogen-bond acceptors (Lipinski definition) is 4. The molecule has 0 bridgehead atoms. The summed E-state index contributed by atoms with van der Waals surface area (Å²) in [7, 11) is 0. The first kappa shape index (κ1) is 12.8. The highest BCUT2D eigenvalue weighted by atomic mass is 16.5. The number of rotatable bonds is 4. The Labute approximate surface area is 102 Å². The average molecular weight is 242 g/mol. The van der Waals surface area contributed by atoms with Crippen LogP contribution < -0.4 is 0 Å². The Morgan fingerprint density at radius 3 is 2.76 bits per heavy atom. The van der Waals surface area contributed by atoms with Crippen molar-refractivity contribution in [3.05, 3.63) is 0 Å². The van der Waals surface area contributed by atoms with Gasteiger partial charge in [0, 0.05) is 32.2 Å². The Hall–Kier alpha value is -0.650. The first-order chi connectivity index (χ1) is 8.16. The largest absolute Gasteiger partial charge is 0.481 e. The number of nitrogens with zero attached hydrogens (tertiary/aromatic N) is 2. The van der Waals surface area contributed by atoms with Gasteiger partial charge in [0.2, 0.25) is 0 Å². The van der Waals surface area contributed by atoms with E-state index in [4.69, 9.17) is 9.84 Å². The highest BCUT2D eigenvalue weighted by Crippen LogP contribution is 2.18. The molecule has 5 nitrogen and oxygen atoms in total. The average Bonchev–Trinajstić information content (AvgIpc) is 2.78. The molecule has 5 heteroatoms. The van der Waals surface area contributed by atoms with Gasteiger partial charge < -0.3 is 14.7 Å². The standard InChI is InChI=1S/C12H22N2O3/c1-10(12(15)16)8-13-3-2-11(9-13)14-4-6-17-7-5-14/h10-11H,2-9H2,1H3,(H,15,16). The summed E-state index contributed by atoms with van der Waals surface area (Å²) >= 11 is 0. The molecule has 2 rings (SSSR count). The summed E-state index contributed by atoms with van der Waals surface area (Å²) < 4.78 is 5.35. The molecule has 2 saturated heterocycles. The maximum Gasteiger partial charge on any atom is 0.307 e. The van der Waals surface area contributed by atoms with E-state index >= 15 is 0 Å². The van der Waals surface area contributed by atoms with Crippen LogP contribution in [0.3, 0.4) is 0 Å². The van der Waals surface area contributed by atoms with Gasteiger partial charge in [0.15, 0.2) is 0 Å². The molecular formula is C12H22N2O3.